The molecule has 0 unspecified atom stereocenters. The fraction of sp³-hybridized carbons (Fsp3) is 0.600. The molecule has 3 saturated heterocycles. The predicted molar refractivity (Wildman–Crippen MR) is 162 cm³/mol. The Morgan fingerprint density at radius 3 is 2.14 bits per heavy atom. The van der Waals surface area contributed by atoms with Crippen molar-refractivity contribution in [2.75, 3.05) is 13.2 Å². The third kappa shape index (κ3) is 7.75. The summed E-state index contributed by atoms with van der Waals surface area (Å²) in [5.41, 5.74) is 2.70. The molecular weight excluding hydrogens is 548 g/mol. The van der Waals surface area contributed by atoms with Gasteiger partial charge in [-0.05, 0) is 44.4 Å². The first-order chi connectivity index (χ1) is 20.4. The van der Waals surface area contributed by atoms with Gasteiger partial charge in [-0.2, -0.15) is 0 Å². The number of ether oxygens (including phenoxy) is 7. The van der Waals surface area contributed by atoms with Crippen molar-refractivity contribution in [3.8, 4) is 0 Å². The molecule has 0 bridgehead atoms. The first-order valence-corrected chi connectivity index (χ1v) is 15.4. The molecule has 1 N–H and O–H groups in total. The molecule has 9 atom stereocenters. The van der Waals surface area contributed by atoms with Crippen molar-refractivity contribution >= 4 is 0 Å². The van der Waals surface area contributed by atoms with Crippen LogP contribution in [0.25, 0.3) is 0 Å². The van der Waals surface area contributed by atoms with Gasteiger partial charge in [-0.25, -0.2) is 0 Å². The van der Waals surface area contributed by atoms with E-state index >= 15 is 0 Å². The van der Waals surface area contributed by atoms with Crippen LogP contribution in [-0.4, -0.2) is 66.7 Å². The van der Waals surface area contributed by atoms with E-state index in [0.717, 1.165) is 11.1 Å². The summed E-state index contributed by atoms with van der Waals surface area (Å²) < 4.78 is 43.6. The van der Waals surface area contributed by atoms with E-state index in [0.29, 0.717) is 32.0 Å². The molecular formula is C35H48O8. The van der Waals surface area contributed by atoms with Crippen LogP contribution in [0.4, 0.5) is 0 Å². The number of aliphatic hydroxyl groups excluding tert-OH is 1. The molecule has 8 nitrogen and oxygen atoms in total. The number of benzene rings is 2. The summed E-state index contributed by atoms with van der Waals surface area (Å²) in [6.07, 6.45) is -2.88. The highest BCUT2D eigenvalue weighted by Crippen LogP contribution is 2.44. The van der Waals surface area contributed by atoms with Crippen molar-refractivity contribution in [2.45, 2.75) is 103 Å². The van der Waals surface area contributed by atoms with Crippen LogP contribution in [0.2, 0.25) is 0 Å². The predicted octanol–water partition coefficient (Wildman–Crippen LogP) is 5.62. The maximum Gasteiger partial charge on any atom is 0.188 e. The molecule has 3 aliphatic rings. The average molecular weight is 597 g/mol. The van der Waals surface area contributed by atoms with Gasteiger partial charge >= 0.3 is 0 Å². The molecule has 0 saturated carbocycles. The lowest BCUT2D eigenvalue weighted by Gasteiger charge is -2.37. The summed E-state index contributed by atoms with van der Waals surface area (Å²) in [4.78, 5) is 0. The third-order valence-corrected chi connectivity index (χ3v) is 8.78. The maximum absolute atomic E-state index is 11.8. The highest BCUT2D eigenvalue weighted by Gasteiger charge is 2.56. The molecule has 0 aromatic heterocycles. The van der Waals surface area contributed by atoms with Gasteiger partial charge in [0, 0.05) is 17.8 Å². The van der Waals surface area contributed by atoms with Crippen LogP contribution >= 0.6 is 0 Å². The zero-order chi connectivity index (χ0) is 30.8. The first kappa shape index (κ1) is 32.3. The smallest absolute Gasteiger partial charge is 0.188 e. The molecule has 0 amide bonds. The number of rotatable bonds is 13. The summed E-state index contributed by atoms with van der Waals surface area (Å²) in [7, 11) is 0. The average Bonchev–Trinajstić information content (AvgIpc) is 3.61. The monoisotopic (exact) mass is 596 g/mol. The lowest BCUT2D eigenvalue weighted by Crippen LogP contribution is -2.45. The van der Waals surface area contributed by atoms with E-state index in [1.165, 1.54) is 0 Å². The SMILES string of the molecule is C=C([C@H]1O[C@@H]2OC(C)(C)O[C@@H]2[C@@H]1COCc1ccccc1)[C@H](O)[C@H](C)[C@H](OCc1ccccc1)[C@H](C)[C@H]1COC(C)(C)O1. The van der Waals surface area contributed by atoms with Crippen LogP contribution in [0, 0.1) is 17.8 Å². The van der Waals surface area contributed by atoms with Gasteiger partial charge in [0.2, 0.25) is 0 Å². The number of hydrogen-bond acceptors (Lipinski definition) is 8. The molecule has 0 aliphatic carbocycles. The number of aliphatic hydroxyl groups is 1. The van der Waals surface area contributed by atoms with E-state index in [-0.39, 0.29) is 36.1 Å². The van der Waals surface area contributed by atoms with E-state index in [2.05, 4.69) is 13.5 Å². The zero-order valence-electron chi connectivity index (χ0n) is 26.3. The second kappa shape index (κ2) is 13.5. The topological polar surface area (TPSA) is 84.8 Å². The highest BCUT2D eigenvalue weighted by atomic mass is 16.8. The van der Waals surface area contributed by atoms with E-state index < -0.39 is 30.1 Å². The van der Waals surface area contributed by atoms with Crippen LogP contribution in [0.5, 0.6) is 0 Å². The number of fused-ring (bicyclic) bond motifs is 1. The van der Waals surface area contributed by atoms with E-state index in [1.54, 1.807) is 0 Å². The van der Waals surface area contributed by atoms with Crippen molar-refractivity contribution in [3.05, 3.63) is 83.9 Å². The van der Waals surface area contributed by atoms with Gasteiger partial charge in [0.15, 0.2) is 17.9 Å². The third-order valence-electron chi connectivity index (χ3n) is 8.78. The highest BCUT2D eigenvalue weighted by molar-refractivity contribution is 5.18. The molecule has 2 aromatic rings. The Labute approximate surface area is 256 Å². The largest absolute Gasteiger partial charge is 0.388 e. The first-order valence-electron chi connectivity index (χ1n) is 15.4. The second-order valence-electron chi connectivity index (χ2n) is 13.1. The van der Waals surface area contributed by atoms with Crippen LogP contribution in [0.15, 0.2) is 72.8 Å². The lowest BCUT2D eigenvalue weighted by molar-refractivity contribution is -0.209. The standard InChI is InChI=1S/C35H48O8/c1-22(28-21-39-34(4,5)41-28)30(38-19-26-16-12-9-13-17-26)23(2)29(36)24(3)31-27(20-37-18-25-14-10-8-11-15-25)32-33(40-31)43-35(6,7)42-32/h8-17,22-23,27-33,36H,3,18-21H2,1-2,4-7H3/t22-,23+,27-,28-,29-,30-,31-,32-,33-/m1/s1. The number of hydrogen-bond donors (Lipinski definition) is 1. The summed E-state index contributed by atoms with van der Waals surface area (Å²) >= 11 is 0. The van der Waals surface area contributed by atoms with Crippen LogP contribution in [0.1, 0.15) is 52.7 Å². The van der Waals surface area contributed by atoms with Crippen LogP contribution in [0.3, 0.4) is 0 Å². The Hall–Kier alpha value is -2.14. The minimum Gasteiger partial charge on any atom is -0.388 e. The molecule has 0 radical (unpaired) electrons. The van der Waals surface area contributed by atoms with Crippen LogP contribution < -0.4 is 0 Å². The molecule has 3 aliphatic heterocycles. The van der Waals surface area contributed by atoms with Crippen molar-refractivity contribution in [3.63, 3.8) is 0 Å². The quantitative estimate of drug-likeness (QED) is 0.298. The minimum absolute atomic E-state index is 0.0655. The summed E-state index contributed by atoms with van der Waals surface area (Å²) in [5, 5.41) is 11.8. The van der Waals surface area contributed by atoms with E-state index in [9.17, 15) is 5.11 Å². The van der Waals surface area contributed by atoms with Gasteiger partial charge in [0.25, 0.3) is 0 Å². The Morgan fingerprint density at radius 2 is 1.53 bits per heavy atom. The summed E-state index contributed by atoms with van der Waals surface area (Å²) in [6.45, 7) is 17.7. The zero-order valence-corrected chi connectivity index (χ0v) is 26.3. The lowest BCUT2D eigenvalue weighted by atomic mass is 9.81. The molecule has 3 heterocycles. The van der Waals surface area contributed by atoms with Gasteiger partial charge in [0.1, 0.15) is 6.10 Å². The maximum atomic E-state index is 11.8. The normalized spacial score (nSPS) is 30.4. The molecule has 43 heavy (non-hydrogen) atoms. The Balaban J connectivity index is 1.31. The van der Waals surface area contributed by atoms with Crippen molar-refractivity contribution in [1.29, 1.82) is 0 Å². The van der Waals surface area contributed by atoms with Crippen LogP contribution in [-0.2, 0) is 46.4 Å². The van der Waals surface area contributed by atoms with E-state index in [4.69, 9.17) is 33.2 Å². The Morgan fingerprint density at radius 1 is 0.907 bits per heavy atom. The summed E-state index contributed by atoms with van der Waals surface area (Å²) in [6, 6.07) is 20.1. The molecule has 0 spiro atoms. The second-order valence-corrected chi connectivity index (χ2v) is 13.1. The molecule has 3 fully saturated rings. The van der Waals surface area contributed by atoms with Gasteiger partial charge < -0.3 is 38.3 Å². The molecule has 8 heteroatoms. The minimum atomic E-state index is -0.924. The fourth-order valence-corrected chi connectivity index (χ4v) is 6.42. The van der Waals surface area contributed by atoms with E-state index in [1.807, 2.05) is 95.3 Å². The Bertz CT molecular complexity index is 1180. The van der Waals surface area contributed by atoms with Crippen molar-refractivity contribution in [2.24, 2.45) is 17.8 Å². The molecule has 2 aromatic carbocycles. The van der Waals surface area contributed by atoms with Crippen molar-refractivity contribution < 1.29 is 38.3 Å². The van der Waals surface area contributed by atoms with Gasteiger partial charge in [-0.3, -0.25) is 0 Å². The summed E-state index contributed by atoms with van der Waals surface area (Å²) in [5.74, 6) is -2.03. The molecule has 5 rings (SSSR count). The van der Waals surface area contributed by atoms with Gasteiger partial charge in [-0.15, -0.1) is 0 Å². The Kier molecular flexibility index (Phi) is 10.1. The molecule has 236 valence electrons. The van der Waals surface area contributed by atoms with Gasteiger partial charge in [0.05, 0.1) is 50.8 Å². The van der Waals surface area contributed by atoms with Gasteiger partial charge in [-0.1, -0.05) is 81.1 Å². The van der Waals surface area contributed by atoms with Crippen molar-refractivity contribution in [1.82, 2.24) is 0 Å². The fourth-order valence-electron chi connectivity index (χ4n) is 6.42.